The van der Waals surface area contributed by atoms with Crippen LogP contribution < -0.4 is 10.6 Å². The highest BCUT2D eigenvalue weighted by atomic mass is 32.2. The van der Waals surface area contributed by atoms with Crippen LogP contribution in [0.4, 0.5) is 0 Å². The molecule has 0 radical (unpaired) electrons. The average Bonchev–Trinajstić information content (AvgIpc) is 4.25. The van der Waals surface area contributed by atoms with Crippen molar-refractivity contribution in [2.24, 2.45) is 0 Å². The molecule has 382 valence electrons. The van der Waals surface area contributed by atoms with Crippen molar-refractivity contribution >= 4 is 111 Å². The Morgan fingerprint density at radius 1 is 0.527 bits per heavy atom. The molecule has 21 heteroatoms. The van der Waals surface area contributed by atoms with Gasteiger partial charge in [0.25, 0.3) is 20.2 Å². The van der Waals surface area contributed by atoms with E-state index in [0.717, 1.165) is 113 Å². The fourth-order valence-electron chi connectivity index (χ4n) is 10.1. The number of amides is 2. The molecule has 74 heavy (non-hydrogen) atoms. The minimum Gasteiger partial charge on any atom is -0.355 e. The number of carbonyl (C=O) groups is 2. The molecule has 6 aromatic heterocycles. The number of nitrogens with zero attached hydrogens (tertiary/aromatic N) is 4. The minimum absolute atomic E-state index is 0.152. The Kier molecular flexibility index (Phi) is 15.6. The highest BCUT2D eigenvalue weighted by molar-refractivity contribution is 7.86. The molecule has 0 unspecified atom stereocenters. The minimum atomic E-state index is -4.18. The lowest BCUT2D eigenvalue weighted by molar-refractivity contribution is -0.121. The first-order chi connectivity index (χ1) is 35.8. The number of unbranched alkanes of at least 4 members (excludes halogenated alkanes) is 4. The molecule has 3 aromatic carbocycles. The summed E-state index contributed by atoms with van der Waals surface area (Å²) < 4.78 is 72.8. The van der Waals surface area contributed by atoms with Crippen LogP contribution in [0.5, 0.6) is 0 Å². The van der Waals surface area contributed by atoms with Crippen LogP contribution in [0.1, 0.15) is 75.3 Å². The molecule has 9 aromatic rings. The number of benzene rings is 3. The Bertz CT molecular complexity index is 3640. The van der Waals surface area contributed by atoms with E-state index >= 15 is 0 Å². The van der Waals surface area contributed by atoms with E-state index in [1.54, 1.807) is 45.3 Å². The van der Waals surface area contributed by atoms with E-state index in [0.29, 0.717) is 12.8 Å². The number of nitrogens with one attached hydrogen (secondary N) is 2. The number of hydrogen-bond donors (Lipinski definition) is 4. The van der Waals surface area contributed by atoms with Crippen molar-refractivity contribution in [2.75, 3.05) is 24.6 Å². The quantitative estimate of drug-likeness (QED) is 0.0347. The van der Waals surface area contributed by atoms with Gasteiger partial charge in [0.1, 0.15) is 33.5 Å². The molecule has 0 fully saturated rings. The summed E-state index contributed by atoms with van der Waals surface area (Å²) in [6, 6.07) is 32.1. The van der Waals surface area contributed by atoms with Gasteiger partial charge in [0.2, 0.25) is 11.8 Å². The van der Waals surface area contributed by atoms with Gasteiger partial charge in [-0.3, -0.25) is 18.7 Å². The van der Waals surface area contributed by atoms with Crippen molar-refractivity contribution in [1.82, 2.24) is 29.3 Å². The molecule has 0 bridgehead atoms. The Labute approximate surface area is 448 Å². The maximum atomic E-state index is 12.6. The van der Waals surface area contributed by atoms with Gasteiger partial charge in [0.05, 0.1) is 33.0 Å². The van der Waals surface area contributed by atoms with Gasteiger partial charge in [0.15, 0.2) is 0 Å². The van der Waals surface area contributed by atoms with Crippen molar-refractivity contribution in [1.29, 1.82) is 0 Å². The van der Waals surface area contributed by atoms with E-state index in [9.17, 15) is 26.4 Å². The summed E-state index contributed by atoms with van der Waals surface area (Å²) in [6.07, 6.45) is 6.40. The molecule has 10 rings (SSSR count). The summed E-state index contributed by atoms with van der Waals surface area (Å²) in [6.45, 7) is -0.304. The number of hydrogen-bond acceptors (Lipinski definition) is 15. The van der Waals surface area contributed by atoms with Crippen molar-refractivity contribution in [3.05, 3.63) is 118 Å². The van der Waals surface area contributed by atoms with Crippen LogP contribution in [0, 0.1) is 0 Å². The first-order valence-electron chi connectivity index (χ1n) is 24.2. The highest BCUT2D eigenvalue weighted by Gasteiger charge is 2.42. The average molecular weight is 1120 g/mol. The second kappa shape index (κ2) is 22.3. The van der Waals surface area contributed by atoms with Gasteiger partial charge >= 0.3 is 0 Å². The first kappa shape index (κ1) is 51.8. The monoisotopic (exact) mass is 1120 g/mol. The summed E-state index contributed by atoms with van der Waals surface area (Å²) in [5.41, 5.74) is 12.1. The smallest absolute Gasteiger partial charge is 0.266 e. The third-order valence-corrected chi connectivity index (χ3v) is 19.2. The van der Waals surface area contributed by atoms with Gasteiger partial charge in [0, 0.05) is 57.1 Å². The van der Waals surface area contributed by atoms with Crippen molar-refractivity contribution < 1.29 is 35.5 Å². The van der Waals surface area contributed by atoms with Crippen LogP contribution in [0.15, 0.2) is 107 Å². The lowest BCUT2D eigenvalue weighted by Crippen LogP contribution is -2.28. The van der Waals surface area contributed by atoms with Crippen molar-refractivity contribution in [2.45, 2.75) is 69.6 Å². The van der Waals surface area contributed by atoms with Crippen molar-refractivity contribution in [3.63, 3.8) is 0 Å². The molecule has 2 amide bonds. The Morgan fingerprint density at radius 2 is 1.04 bits per heavy atom. The Balaban J connectivity index is 0.997. The molecule has 0 atom stereocenters. The zero-order chi connectivity index (χ0) is 51.5. The second-order valence-electron chi connectivity index (χ2n) is 18.2. The molecule has 0 spiro atoms. The maximum Gasteiger partial charge on any atom is 0.266 e. The number of carbonyl (C=O) groups excluding carboxylic acids is 2. The third-order valence-electron chi connectivity index (χ3n) is 13.4. The molecule has 1 aliphatic carbocycles. The fourth-order valence-corrected chi connectivity index (χ4v) is 14.6. The maximum absolute atomic E-state index is 12.6. The van der Waals surface area contributed by atoms with E-state index in [1.165, 1.54) is 34.0 Å². The molecular formula is C53H50N6O8S7. The second-order valence-corrected chi connectivity index (χ2v) is 25.8. The summed E-state index contributed by atoms with van der Waals surface area (Å²) in [5.74, 6) is -1.61. The zero-order valence-electron chi connectivity index (χ0n) is 39.8. The Hall–Kier alpha value is -5.62. The van der Waals surface area contributed by atoms with Crippen molar-refractivity contribution in [3.8, 4) is 63.6 Å². The summed E-state index contributed by atoms with van der Waals surface area (Å²) in [5, 5.41) is 11.4. The number of rotatable bonds is 23. The molecule has 4 N–H and O–H groups in total. The van der Waals surface area contributed by atoms with Gasteiger partial charge in [-0.05, 0) is 106 Å². The predicted octanol–water partition coefficient (Wildman–Crippen LogP) is 12.4. The molecule has 0 saturated heterocycles. The molecule has 1 aliphatic rings. The van der Waals surface area contributed by atoms with Crippen LogP contribution in [-0.2, 0) is 35.2 Å². The number of aromatic nitrogens is 4. The van der Waals surface area contributed by atoms with E-state index < -0.39 is 37.2 Å². The standard InChI is InChI=1S/C53H50N6O8S7/c60-43(54-25-30-73(62,63)64)17-3-1-7-23-53(24-8-2-4-18-44(61)55-26-31-74(65,66)67)36-13-6-5-12-34(36)35-20-19-33(32-37(35)53)38-21-22-40(71-38)46-50-49(45(39-14-9-27-68-39)51-52(46)59-72-58-51)56-47(41-15-10-28-69-41)48(57-50)42-16-11-29-70-42/h5-6,9-16,19-22,27-29,32H,1-4,7-8,17-18,23-26,30-31H2,(H,54,60)(H,55,61)(H,62,63,64)(H,65,66,67). The largest absolute Gasteiger partial charge is 0.355 e. The van der Waals surface area contributed by atoms with E-state index in [-0.39, 0.29) is 37.7 Å². The van der Waals surface area contributed by atoms with Gasteiger partial charge < -0.3 is 10.6 Å². The van der Waals surface area contributed by atoms with E-state index in [2.05, 4.69) is 99.6 Å². The highest BCUT2D eigenvalue weighted by Crippen LogP contribution is 2.56. The van der Waals surface area contributed by atoms with E-state index in [1.807, 2.05) is 18.2 Å². The van der Waals surface area contributed by atoms with E-state index in [4.69, 9.17) is 27.8 Å². The molecular weight excluding hydrogens is 1070 g/mol. The topological polar surface area (TPSA) is 218 Å². The van der Waals surface area contributed by atoms with Gasteiger partial charge in [-0.1, -0.05) is 80.3 Å². The molecule has 6 heterocycles. The van der Waals surface area contributed by atoms with Gasteiger partial charge in [-0.25, -0.2) is 9.97 Å². The molecule has 0 saturated carbocycles. The fraction of sp³-hybridized carbons (Fsp3) is 0.283. The predicted molar refractivity (Wildman–Crippen MR) is 300 cm³/mol. The number of thiophene rings is 4. The molecule has 14 nitrogen and oxygen atoms in total. The lowest BCUT2D eigenvalue weighted by Gasteiger charge is -2.33. The Morgan fingerprint density at radius 3 is 1.58 bits per heavy atom. The van der Waals surface area contributed by atoms with Gasteiger partial charge in [-0.2, -0.15) is 25.6 Å². The van der Waals surface area contributed by atoms with Crippen LogP contribution in [-0.4, -0.2) is 81.1 Å². The lowest BCUT2D eigenvalue weighted by atomic mass is 9.70. The zero-order valence-corrected chi connectivity index (χ0v) is 45.5. The summed E-state index contributed by atoms with van der Waals surface area (Å²) in [7, 11) is -8.36. The van der Waals surface area contributed by atoms with Crippen LogP contribution in [0.2, 0.25) is 0 Å². The normalized spacial score (nSPS) is 13.1. The summed E-state index contributed by atoms with van der Waals surface area (Å²) in [4.78, 5) is 41.4. The number of fused-ring (bicyclic) bond motifs is 5. The van der Waals surface area contributed by atoms with Crippen LogP contribution >= 0.6 is 57.1 Å². The van der Waals surface area contributed by atoms with Gasteiger partial charge in [-0.15, -0.1) is 45.3 Å². The van der Waals surface area contributed by atoms with Crippen LogP contribution in [0.25, 0.3) is 85.7 Å². The third kappa shape index (κ3) is 11.3. The SMILES string of the molecule is O=C(CCCCCC1(CCCCCC(=O)NCCS(=O)(=O)O)c2ccccc2-c2ccc(-c3ccc(-c4c5nsnc5c(-c5cccs5)c5nc(-c6cccs6)c(-c6cccs6)nc45)s3)cc21)NCCS(=O)(=O)O. The first-order valence-corrected chi connectivity index (χ1v) is 31.6. The molecule has 0 aliphatic heterocycles. The van der Waals surface area contributed by atoms with Crippen LogP contribution in [0.3, 0.4) is 0 Å². The summed E-state index contributed by atoms with van der Waals surface area (Å²) >= 11 is 7.79.